The van der Waals surface area contributed by atoms with Crippen LogP contribution in [0.15, 0.2) is 48.0 Å². The monoisotopic (exact) mass is 342 g/mol. The third-order valence-electron chi connectivity index (χ3n) is 4.17. The Kier molecular flexibility index (Phi) is 3.78. The van der Waals surface area contributed by atoms with Crippen LogP contribution in [0.25, 0.3) is 5.70 Å². The zero-order chi connectivity index (χ0) is 17.5. The Morgan fingerprint density at radius 2 is 1.96 bits per heavy atom. The average molecular weight is 343 g/mol. The minimum Gasteiger partial charge on any atom is -0.466 e. The highest BCUT2D eigenvalue weighted by molar-refractivity contribution is 6.30. The number of methoxy groups -OCH3 is 1. The van der Waals surface area contributed by atoms with Crippen LogP contribution in [-0.2, 0) is 14.9 Å². The Labute approximate surface area is 142 Å². The van der Waals surface area contributed by atoms with Gasteiger partial charge in [0.05, 0.1) is 24.4 Å². The fraction of sp³-hybridized carbons (Fsp3) is 0.111. The molecule has 0 bridgehead atoms. The van der Waals surface area contributed by atoms with Crippen molar-refractivity contribution >= 4 is 23.3 Å². The number of halogens is 2. The molecule has 2 aromatic carbocycles. The molecular weight excluding hydrogens is 331 g/mol. The molecule has 0 saturated carbocycles. The molecule has 24 heavy (non-hydrogen) atoms. The minimum absolute atomic E-state index is 0.0504. The summed E-state index contributed by atoms with van der Waals surface area (Å²) in [5.41, 5.74) is 5.13. The van der Waals surface area contributed by atoms with E-state index in [4.69, 9.17) is 22.1 Å². The van der Waals surface area contributed by atoms with Crippen molar-refractivity contribution in [1.29, 1.82) is 5.26 Å². The number of esters is 1. The van der Waals surface area contributed by atoms with Crippen molar-refractivity contribution in [1.82, 2.24) is 0 Å². The molecule has 2 N–H and O–H groups in total. The average Bonchev–Trinajstić information content (AvgIpc) is 2.85. The van der Waals surface area contributed by atoms with Crippen LogP contribution in [0, 0.1) is 17.1 Å². The van der Waals surface area contributed by atoms with Crippen molar-refractivity contribution in [2.75, 3.05) is 7.11 Å². The Hall–Kier alpha value is -2.84. The van der Waals surface area contributed by atoms with Gasteiger partial charge in [0.25, 0.3) is 0 Å². The van der Waals surface area contributed by atoms with Gasteiger partial charge in [0.1, 0.15) is 11.2 Å². The standard InChI is InChI=1S/C18H12ClFN2O2/c1-24-17(23)15-16(22)14-12(3-2-4-13(14)20)18(15,9-21)10-5-7-11(19)8-6-10/h2-8H,22H2,1H3. The fourth-order valence-corrected chi connectivity index (χ4v) is 3.24. The number of hydrogen-bond acceptors (Lipinski definition) is 4. The lowest BCUT2D eigenvalue weighted by molar-refractivity contribution is -0.136. The molecule has 0 spiro atoms. The third-order valence-corrected chi connectivity index (χ3v) is 4.42. The molecule has 3 rings (SSSR count). The van der Waals surface area contributed by atoms with Crippen LogP contribution in [0.5, 0.6) is 0 Å². The van der Waals surface area contributed by atoms with Crippen molar-refractivity contribution in [2.24, 2.45) is 5.73 Å². The zero-order valence-corrected chi connectivity index (χ0v) is 13.4. The largest absolute Gasteiger partial charge is 0.466 e. The van der Waals surface area contributed by atoms with Crippen LogP contribution in [0.4, 0.5) is 4.39 Å². The summed E-state index contributed by atoms with van der Waals surface area (Å²) in [7, 11) is 1.19. The Balaban J connectivity index is 2.43. The van der Waals surface area contributed by atoms with E-state index in [1.807, 2.05) is 0 Å². The van der Waals surface area contributed by atoms with Gasteiger partial charge in [0, 0.05) is 10.6 Å². The predicted molar refractivity (Wildman–Crippen MR) is 87.4 cm³/mol. The molecule has 1 unspecified atom stereocenters. The summed E-state index contributed by atoms with van der Waals surface area (Å²) < 4.78 is 19.1. The topological polar surface area (TPSA) is 76.1 Å². The normalized spacial score (nSPS) is 18.9. The maximum atomic E-state index is 14.3. The molecular formula is C18H12ClFN2O2. The first-order chi connectivity index (χ1) is 11.5. The molecule has 0 aromatic heterocycles. The van der Waals surface area contributed by atoms with Gasteiger partial charge in [-0.15, -0.1) is 0 Å². The molecule has 120 valence electrons. The van der Waals surface area contributed by atoms with Crippen LogP contribution < -0.4 is 5.73 Å². The molecule has 1 aliphatic carbocycles. The van der Waals surface area contributed by atoms with E-state index in [1.54, 1.807) is 30.3 Å². The number of nitriles is 1. The van der Waals surface area contributed by atoms with Crippen LogP contribution in [0.2, 0.25) is 5.02 Å². The summed E-state index contributed by atoms with van der Waals surface area (Å²) in [5, 5.41) is 10.5. The van der Waals surface area contributed by atoms with E-state index in [-0.39, 0.29) is 16.8 Å². The Morgan fingerprint density at radius 3 is 2.54 bits per heavy atom. The quantitative estimate of drug-likeness (QED) is 0.851. The SMILES string of the molecule is COC(=O)C1=C(N)c2c(F)cccc2C1(C#N)c1ccc(Cl)cc1. The van der Waals surface area contributed by atoms with Gasteiger partial charge < -0.3 is 10.5 Å². The van der Waals surface area contributed by atoms with Gasteiger partial charge in [0.2, 0.25) is 0 Å². The maximum absolute atomic E-state index is 14.3. The lowest BCUT2D eigenvalue weighted by Crippen LogP contribution is -2.31. The molecule has 2 aromatic rings. The zero-order valence-electron chi connectivity index (χ0n) is 12.6. The molecule has 1 atom stereocenters. The van der Waals surface area contributed by atoms with E-state index in [2.05, 4.69) is 6.07 Å². The lowest BCUT2D eigenvalue weighted by atomic mass is 9.73. The summed E-state index contributed by atoms with van der Waals surface area (Å²) in [4.78, 5) is 12.4. The number of fused-ring (bicyclic) bond motifs is 1. The van der Waals surface area contributed by atoms with Gasteiger partial charge in [-0.3, -0.25) is 0 Å². The number of carbonyl (C=O) groups excluding carboxylic acids is 1. The third kappa shape index (κ3) is 2.00. The van der Waals surface area contributed by atoms with Gasteiger partial charge in [-0.25, -0.2) is 9.18 Å². The summed E-state index contributed by atoms with van der Waals surface area (Å²) in [5.74, 6) is -1.38. The highest BCUT2D eigenvalue weighted by Crippen LogP contribution is 2.49. The molecule has 0 aliphatic heterocycles. The second kappa shape index (κ2) is 5.66. The highest BCUT2D eigenvalue weighted by Gasteiger charge is 2.51. The van der Waals surface area contributed by atoms with E-state index in [0.717, 1.165) is 0 Å². The second-order valence-electron chi connectivity index (χ2n) is 5.31. The number of rotatable bonds is 2. The molecule has 6 heteroatoms. The summed E-state index contributed by atoms with van der Waals surface area (Å²) in [6.07, 6.45) is 0. The molecule has 0 saturated heterocycles. The van der Waals surface area contributed by atoms with Crippen molar-refractivity contribution in [3.8, 4) is 6.07 Å². The number of carbonyl (C=O) groups is 1. The van der Waals surface area contributed by atoms with Gasteiger partial charge in [-0.05, 0) is 29.3 Å². The summed E-state index contributed by atoms with van der Waals surface area (Å²) in [6, 6.07) is 12.9. The predicted octanol–water partition coefficient (Wildman–Crippen LogP) is 3.15. The lowest BCUT2D eigenvalue weighted by Gasteiger charge is -2.25. The van der Waals surface area contributed by atoms with E-state index in [1.165, 1.54) is 19.2 Å². The van der Waals surface area contributed by atoms with Crippen molar-refractivity contribution < 1.29 is 13.9 Å². The van der Waals surface area contributed by atoms with E-state index < -0.39 is 17.2 Å². The molecule has 0 amide bonds. The van der Waals surface area contributed by atoms with Crippen LogP contribution >= 0.6 is 11.6 Å². The first-order valence-corrected chi connectivity index (χ1v) is 7.40. The van der Waals surface area contributed by atoms with Crippen LogP contribution in [0.1, 0.15) is 16.7 Å². The first-order valence-electron chi connectivity index (χ1n) is 7.02. The fourth-order valence-electron chi connectivity index (χ4n) is 3.12. The number of benzene rings is 2. The van der Waals surface area contributed by atoms with E-state index >= 15 is 0 Å². The highest BCUT2D eigenvalue weighted by atomic mass is 35.5. The van der Waals surface area contributed by atoms with E-state index in [0.29, 0.717) is 16.1 Å². The number of ether oxygens (including phenoxy) is 1. The van der Waals surface area contributed by atoms with E-state index in [9.17, 15) is 14.4 Å². The van der Waals surface area contributed by atoms with Crippen LogP contribution in [0.3, 0.4) is 0 Å². The summed E-state index contributed by atoms with van der Waals surface area (Å²) in [6.45, 7) is 0. The summed E-state index contributed by atoms with van der Waals surface area (Å²) >= 11 is 5.92. The molecule has 4 nitrogen and oxygen atoms in total. The van der Waals surface area contributed by atoms with Gasteiger partial charge in [-0.1, -0.05) is 35.9 Å². The molecule has 0 fully saturated rings. The number of hydrogen-bond donors (Lipinski definition) is 1. The first kappa shape index (κ1) is 16.0. The van der Waals surface area contributed by atoms with Crippen molar-refractivity contribution in [2.45, 2.75) is 5.41 Å². The minimum atomic E-state index is -1.56. The molecule has 1 aliphatic rings. The Morgan fingerprint density at radius 1 is 1.29 bits per heavy atom. The molecule has 0 radical (unpaired) electrons. The van der Waals surface area contributed by atoms with Crippen LogP contribution in [-0.4, -0.2) is 13.1 Å². The second-order valence-corrected chi connectivity index (χ2v) is 5.75. The smallest absolute Gasteiger partial charge is 0.338 e. The maximum Gasteiger partial charge on any atom is 0.338 e. The Bertz CT molecular complexity index is 916. The van der Waals surface area contributed by atoms with Crippen molar-refractivity contribution in [3.05, 3.63) is 75.6 Å². The number of nitrogens with two attached hydrogens (primary N) is 1. The van der Waals surface area contributed by atoms with Gasteiger partial charge >= 0.3 is 5.97 Å². The van der Waals surface area contributed by atoms with Gasteiger partial charge in [0.15, 0.2) is 0 Å². The molecule has 0 heterocycles. The van der Waals surface area contributed by atoms with Gasteiger partial charge in [-0.2, -0.15) is 5.26 Å². The van der Waals surface area contributed by atoms with Crippen molar-refractivity contribution in [3.63, 3.8) is 0 Å². The number of nitrogens with zero attached hydrogens (tertiary/aromatic N) is 1.